The van der Waals surface area contributed by atoms with Crippen molar-refractivity contribution in [3.63, 3.8) is 0 Å². The van der Waals surface area contributed by atoms with E-state index in [9.17, 15) is 0 Å². The Labute approximate surface area is 130 Å². The maximum absolute atomic E-state index is 6.05. The Morgan fingerprint density at radius 3 is 2.81 bits per heavy atom. The predicted molar refractivity (Wildman–Crippen MR) is 87.0 cm³/mol. The lowest BCUT2D eigenvalue weighted by molar-refractivity contribution is 0.887. The second-order valence-corrected chi connectivity index (χ2v) is 6.04. The lowest BCUT2D eigenvalue weighted by Gasteiger charge is -2.09. The molecule has 1 heterocycles. The van der Waals surface area contributed by atoms with E-state index in [1.165, 1.54) is 18.5 Å². The van der Waals surface area contributed by atoms with E-state index < -0.39 is 0 Å². The van der Waals surface area contributed by atoms with Crippen LogP contribution in [-0.4, -0.2) is 16.5 Å². The number of anilines is 1. The number of hydrogen-bond acceptors (Lipinski definition) is 3. The van der Waals surface area contributed by atoms with Crippen molar-refractivity contribution in [3.05, 3.63) is 52.4 Å². The lowest BCUT2D eigenvalue weighted by atomic mass is 10.1. The fourth-order valence-electron chi connectivity index (χ4n) is 2.36. The minimum atomic E-state index is 0.633. The summed E-state index contributed by atoms with van der Waals surface area (Å²) in [5, 5.41) is 4.14. The molecular weight excluding hydrogens is 282 g/mol. The smallest absolute Gasteiger partial charge is 0.135 e. The van der Waals surface area contributed by atoms with Crippen LogP contribution < -0.4 is 5.32 Å². The molecule has 0 radical (unpaired) electrons. The van der Waals surface area contributed by atoms with Gasteiger partial charge in [-0.15, -0.1) is 0 Å². The minimum Gasteiger partial charge on any atom is -0.370 e. The largest absolute Gasteiger partial charge is 0.370 e. The maximum atomic E-state index is 6.05. The van der Waals surface area contributed by atoms with Crippen LogP contribution in [0.25, 0.3) is 0 Å². The van der Waals surface area contributed by atoms with Gasteiger partial charge >= 0.3 is 0 Å². The Balaban J connectivity index is 1.84. The SMILES string of the molecule is CCCNc1cc(C2CC2)nc(Cc2cccc(Cl)c2)n1. The second kappa shape index (κ2) is 6.44. The standard InChI is InChI=1S/C17H20ClN3/c1-2-8-19-16-11-15(13-6-7-13)20-17(21-16)10-12-4-3-5-14(18)9-12/h3-5,9,11,13H,2,6-8,10H2,1H3,(H,19,20,21). The van der Waals surface area contributed by atoms with Gasteiger partial charge in [0.2, 0.25) is 0 Å². The highest BCUT2D eigenvalue weighted by atomic mass is 35.5. The summed E-state index contributed by atoms with van der Waals surface area (Å²) < 4.78 is 0. The van der Waals surface area contributed by atoms with Gasteiger partial charge in [-0.25, -0.2) is 9.97 Å². The van der Waals surface area contributed by atoms with Crippen molar-refractivity contribution < 1.29 is 0 Å². The molecule has 0 amide bonds. The van der Waals surface area contributed by atoms with Crippen molar-refractivity contribution in [1.29, 1.82) is 0 Å². The molecule has 0 aliphatic heterocycles. The fourth-order valence-corrected chi connectivity index (χ4v) is 2.57. The molecule has 0 saturated heterocycles. The number of halogens is 1. The third kappa shape index (κ3) is 3.94. The number of benzene rings is 1. The normalized spacial score (nSPS) is 14.2. The number of nitrogens with one attached hydrogen (secondary N) is 1. The topological polar surface area (TPSA) is 37.8 Å². The highest BCUT2D eigenvalue weighted by molar-refractivity contribution is 6.30. The van der Waals surface area contributed by atoms with Gasteiger partial charge in [0.25, 0.3) is 0 Å². The van der Waals surface area contributed by atoms with Gasteiger partial charge in [0, 0.05) is 35.7 Å². The van der Waals surface area contributed by atoms with E-state index in [4.69, 9.17) is 16.6 Å². The van der Waals surface area contributed by atoms with Crippen LogP contribution in [0.4, 0.5) is 5.82 Å². The third-order valence-corrected chi connectivity index (χ3v) is 3.83. The van der Waals surface area contributed by atoms with E-state index in [-0.39, 0.29) is 0 Å². The van der Waals surface area contributed by atoms with E-state index in [0.29, 0.717) is 5.92 Å². The first-order chi connectivity index (χ1) is 10.2. The zero-order chi connectivity index (χ0) is 14.7. The molecule has 1 aromatic carbocycles. The molecule has 0 spiro atoms. The van der Waals surface area contributed by atoms with Crippen LogP contribution in [0.2, 0.25) is 5.02 Å². The van der Waals surface area contributed by atoms with Gasteiger partial charge in [0.05, 0.1) is 0 Å². The van der Waals surface area contributed by atoms with Gasteiger partial charge in [0.1, 0.15) is 11.6 Å². The summed E-state index contributed by atoms with van der Waals surface area (Å²) in [6.45, 7) is 3.10. The Hall–Kier alpha value is -1.61. The number of hydrogen-bond donors (Lipinski definition) is 1. The van der Waals surface area contributed by atoms with Crippen molar-refractivity contribution >= 4 is 17.4 Å². The van der Waals surface area contributed by atoms with Crippen LogP contribution >= 0.6 is 11.6 Å². The van der Waals surface area contributed by atoms with E-state index in [1.54, 1.807) is 0 Å². The van der Waals surface area contributed by atoms with Crippen LogP contribution in [0.5, 0.6) is 0 Å². The van der Waals surface area contributed by atoms with Crippen LogP contribution in [0.1, 0.15) is 49.2 Å². The maximum Gasteiger partial charge on any atom is 0.135 e. The van der Waals surface area contributed by atoms with Crippen LogP contribution in [0.3, 0.4) is 0 Å². The molecule has 1 saturated carbocycles. The highest BCUT2D eigenvalue weighted by Crippen LogP contribution is 2.39. The van der Waals surface area contributed by atoms with E-state index in [1.807, 2.05) is 18.2 Å². The summed E-state index contributed by atoms with van der Waals surface area (Å²) >= 11 is 6.05. The van der Waals surface area contributed by atoms with Gasteiger partial charge in [0.15, 0.2) is 0 Å². The van der Waals surface area contributed by atoms with Gasteiger partial charge in [-0.2, -0.15) is 0 Å². The van der Waals surface area contributed by atoms with Gasteiger partial charge in [-0.3, -0.25) is 0 Å². The first-order valence-electron chi connectivity index (χ1n) is 7.61. The third-order valence-electron chi connectivity index (χ3n) is 3.60. The van der Waals surface area contributed by atoms with E-state index in [0.717, 1.165) is 41.6 Å². The van der Waals surface area contributed by atoms with E-state index in [2.05, 4.69) is 29.4 Å². The Morgan fingerprint density at radius 1 is 1.24 bits per heavy atom. The summed E-state index contributed by atoms with van der Waals surface area (Å²) in [6, 6.07) is 10.0. The molecule has 110 valence electrons. The van der Waals surface area contributed by atoms with Crippen LogP contribution in [0, 0.1) is 0 Å². The summed E-state index contributed by atoms with van der Waals surface area (Å²) in [7, 11) is 0. The molecule has 1 aliphatic rings. The van der Waals surface area contributed by atoms with Crippen molar-refractivity contribution in [2.24, 2.45) is 0 Å². The average molecular weight is 302 g/mol. The number of rotatable bonds is 6. The highest BCUT2D eigenvalue weighted by Gasteiger charge is 2.26. The van der Waals surface area contributed by atoms with Gasteiger partial charge in [-0.1, -0.05) is 30.7 Å². The van der Waals surface area contributed by atoms with Gasteiger partial charge < -0.3 is 5.32 Å². The first kappa shape index (κ1) is 14.3. The zero-order valence-corrected chi connectivity index (χ0v) is 13.0. The zero-order valence-electron chi connectivity index (χ0n) is 12.3. The molecule has 3 nitrogen and oxygen atoms in total. The van der Waals surface area contributed by atoms with Crippen molar-refractivity contribution in [1.82, 2.24) is 9.97 Å². The minimum absolute atomic E-state index is 0.633. The number of nitrogens with zero attached hydrogens (tertiary/aromatic N) is 2. The van der Waals surface area contributed by atoms with Gasteiger partial charge in [-0.05, 0) is 37.0 Å². The summed E-state index contributed by atoms with van der Waals surface area (Å²) in [5.41, 5.74) is 2.33. The molecule has 0 atom stereocenters. The molecule has 0 bridgehead atoms. The molecule has 1 fully saturated rings. The lowest BCUT2D eigenvalue weighted by Crippen LogP contribution is -2.07. The Bertz CT molecular complexity index is 623. The molecule has 1 aromatic heterocycles. The van der Waals surface area contributed by atoms with Crippen molar-refractivity contribution in [2.75, 3.05) is 11.9 Å². The predicted octanol–water partition coefficient (Wildman–Crippen LogP) is 4.42. The quantitative estimate of drug-likeness (QED) is 0.858. The van der Waals surface area contributed by atoms with Crippen molar-refractivity contribution in [3.8, 4) is 0 Å². The summed E-state index contributed by atoms with van der Waals surface area (Å²) in [4.78, 5) is 9.37. The van der Waals surface area contributed by atoms with Crippen LogP contribution in [0.15, 0.2) is 30.3 Å². The Kier molecular flexibility index (Phi) is 4.39. The molecule has 0 unspecified atom stereocenters. The molecule has 1 aliphatic carbocycles. The molecule has 3 rings (SSSR count). The van der Waals surface area contributed by atoms with Crippen LogP contribution in [-0.2, 0) is 6.42 Å². The molecule has 21 heavy (non-hydrogen) atoms. The fraction of sp³-hybridized carbons (Fsp3) is 0.412. The van der Waals surface area contributed by atoms with E-state index >= 15 is 0 Å². The molecule has 2 aromatic rings. The second-order valence-electron chi connectivity index (χ2n) is 5.60. The summed E-state index contributed by atoms with van der Waals surface area (Å²) in [6.07, 6.45) is 4.32. The Morgan fingerprint density at radius 2 is 2.10 bits per heavy atom. The monoisotopic (exact) mass is 301 g/mol. The molecular formula is C17H20ClN3. The van der Waals surface area contributed by atoms with Crippen molar-refractivity contribution in [2.45, 2.75) is 38.5 Å². The first-order valence-corrected chi connectivity index (χ1v) is 7.98. The summed E-state index contributed by atoms with van der Waals surface area (Å²) in [5.74, 6) is 2.46. The molecule has 1 N–H and O–H groups in total. The molecule has 4 heteroatoms. The average Bonchev–Trinajstić information content (AvgIpc) is 3.29. The number of aromatic nitrogens is 2.